The molecule has 0 fully saturated rings. The monoisotopic (exact) mass is 476 g/mol. The summed E-state index contributed by atoms with van der Waals surface area (Å²) in [6.07, 6.45) is -2.90. The van der Waals surface area contributed by atoms with Gasteiger partial charge in [-0.25, -0.2) is 0 Å². The van der Waals surface area contributed by atoms with Crippen molar-refractivity contribution in [1.82, 2.24) is 14.8 Å². The van der Waals surface area contributed by atoms with Gasteiger partial charge < -0.3 is 10.1 Å². The zero-order chi connectivity index (χ0) is 24.0. The largest absolute Gasteiger partial charge is 0.485 e. The van der Waals surface area contributed by atoms with E-state index in [9.17, 15) is 18.0 Å². The number of allylic oxidation sites excluding steroid dienone is 1. The first-order chi connectivity index (χ1) is 15.7. The quantitative estimate of drug-likeness (QED) is 0.330. The minimum absolute atomic E-state index is 0.140. The lowest BCUT2D eigenvalue weighted by molar-refractivity contribution is -0.137. The fourth-order valence-electron chi connectivity index (χ4n) is 3.01. The van der Waals surface area contributed by atoms with Gasteiger partial charge in [0, 0.05) is 6.54 Å². The maximum Gasteiger partial charge on any atom is 0.418 e. The number of halogens is 3. The Kier molecular flexibility index (Phi) is 7.80. The van der Waals surface area contributed by atoms with E-state index in [1.54, 1.807) is 10.6 Å². The molecule has 0 unspecified atom stereocenters. The number of ether oxygens (including phenoxy) is 1. The smallest absolute Gasteiger partial charge is 0.418 e. The van der Waals surface area contributed by atoms with Crippen molar-refractivity contribution in [3.8, 4) is 5.75 Å². The van der Waals surface area contributed by atoms with Gasteiger partial charge in [0.1, 0.15) is 12.4 Å². The van der Waals surface area contributed by atoms with Crippen molar-refractivity contribution in [1.29, 1.82) is 0 Å². The number of para-hydroxylation sites is 1. The van der Waals surface area contributed by atoms with Crippen molar-refractivity contribution in [2.75, 3.05) is 11.1 Å². The minimum atomic E-state index is -4.56. The summed E-state index contributed by atoms with van der Waals surface area (Å²) in [6, 6.07) is 10.7. The van der Waals surface area contributed by atoms with Gasteiger partial charge in [0.05, 0.1) is 17.0 Å². The van der Waals surface area contributed by atoms with Gasteiger partial charge in [0.2, 0.25) is 5.91 Å². The Hall–Kier alpha value is -3.27. The van der Waals surface area contributed by atoms with Gasteiger partial charge in [0.15, 0.2) is 11.0 Å². The van der Waals surface area contributed by atoms with E-state index in [0.717, 1.165) is 34.7 Å². The molecule has 0 atom stereocenters. The van der Waals surface area contributed by atoms with Crippen molar-refractivity contribution >= 4 is 23.4 Å². The summed E-state index contributed by atoms with van der Waals surface area (Å²) in [6.45, 7) is 8.20. The van der Waals surface area contributed by atoms with Crippen LogP contribution in [-0.4, -0.2) is 26.4 Å². The van der Waals surface area contributed by atoms with Gasteiger partial charge in [0.25, 0.3) is 0 Å². The number of nitrogens with one attached hydrogen (secondary N) is 1. The third-order valence-corrected chi connectivity index (χ3v) is 5.61. The highest BCUT2D eigenvalue weighted by Crippen LogP contribution is 2.34. The van der Waals surface area contributed by atoms with Crippen LogP contribution in [0.3, 0.4) is 0 Å². The predicted octanol–water partition coefficient (Wildman–Crippen LogP) is 5.41. The Morgan fingerprint density at radius 1 is 1.21 bits per heavy atom. The summed E-state index contributed by atoms with van der Waals surface area (Å²) in [7, 11) is 0. The molecule has 1 heterocycles. The summed E-state index contributed by atoms with van der Waals surface area (Å²) >= 11 is 1.07. The molecule has 0 saturated carbocycles. The second-order valence-electron chi connectivity index (χ2n) is 7.24. The first kappa shape index (κ1) is 24.4. The Morgan fingerprint density at radius 3 is 2.70 bits per heavy atom. The number of anilines is 1. The van der Waals surface area contributed by atoms with Crippen LogP contribution >= 0.6 is 11.8 Å². The first-order valence-corrected chi connectivity index (χ1v) is 11.0. The fourth-order valence-corrected chi connectivity index (χ4v) is 3.77. The molecule has 6 nitrogen and oxygen atoms in total. The highest BCUT2D eigenvalue weighted by molar-refractivity contribution is 7.99. The van der Waals surface area contributed by atoms with Gasteiger partial charge in [-0.05, 0) is 43.2 Å². The third-order valence-electron chi connectivity index (χ3n) is 4.64. The van der Waals surface area contributed by atoms with Crippen LogP contribution in [0.15, 0.2) is 60.3 Å². The maximum absolute atomic E-state index is 13.1. The molecule has 0 radical (unpaired) electrons. The lowest BCUT2D eigenvalue weighted by Gasteiger charge is -2.13. The van der Waals surface area contributed by atoms with E-state index in [-0.39, 0.29) is 18.0 Å². The normalized spacial score (nSPS) is 11.3. The van der Waals surface area contributed by atoms with Crippen LogP contribution in [-0.2, 0) is 24.1 Å². The summed E-state index contributed by atoms with van der Waals surface area (Å²) < 4.78 is 47.0. The van der Waals surface area contributed by atoms with Gasteiger partial charge in [-0.15, -0.1) is 16.8 Å². The van der Waals surface area contributed by atoms with E-state index in [0.29, 0.717) is 17.5 Å². The van der Waals surface area contributed by atoms with Crippen LogP contribution < -0.4 is 10.1 Å². The molecule has 0 saturated heterocycles. The lowest BCUT2D eigenvalue weighted by atomic mass is 10.1. The number of carbonyl (C=O) groups is 1. The van der Waals surface area contributed by atoms with Crippen LogP contribution in [0.25, 0.3) is 0 Å². The molecular formula is C23H23F3N4O2S. The van der Waals surface area contributed by atoms with Gasteiger partial charge in [-0.3, -0.25) is 9.36 Å². The average Bonchev–Trinajstić information content (AvgIpc) is 3.14. The number of nitrogens with zero attached hydrogens (tertiary/aromatic N) is 3. The van der Waals surface area contributed by atoms with E-state index in [1.165, 1.54) is 18.2 Å². The Morgan fingerprint density at radius 2 is 1.97 bits per heavy atom. The van der Waals surface area contributed by atoms with E-state index < -0.39 is 17.6 Å². The van der Waals surface area contributed by atoms with Crippen molar-refractivity contribution < 1.29 is 22.7 Å². The zero-order valence-electron chi connectivity index (χ0n) is 18.1. The molecule has 1 N–H and O–H groups in total. The number of aromatic nitrogens is 3. The SMILES string of the molecule is C=CCn1c(COc2cc(C)ccc2C)nnc1SCC(=O)Nc1ccccc1C(F)(F)F. The molecule has 1 amide bonds. The molecule has 3 aromatic rings. The average molecular weight is 477 g/mol. The Bertz CT molecular complexity index is 1140. The molecule has 1 aromatic heterocycles. The number of carbonyl (C=O) groups excluding carboxylic acids is 1. The van der Waals surface area contributed by atoms with Crippen molar-refractivity contribution in [3.05, 3.63) is 77.6 Å². The van der Waals surface area contributed by atoms with E-state index in [1.807, 2.05) is 32.0 Å². The fraction of sp³-hybridized carbons (Fsp3) is 0.261. The number of hydrogen-bond donors (Lipinski definition) is 1. The third kappa shape index (κ3) is 6.38. The van der Waals surface area contributed by atoms with Gasteiger partial charge in [-0.1, -0.05) is 42.1 Å². The molecule has 0 aliphatic heterocycles. The molecule has 33 heavy (non-hydrogen) atoms. The number of alkyl halides is 3. The summed E-state index contributed by atoms with van der Waals surface area (Å²) in [5.41, 5.74) is 0.869. The van der Waals surface area contributed by atoms with E-state index >= 15 is 0 Å². The second-order valence-corrected chi connectivity index (χ2v) is 8.18. The van der Waals surface area contributed by atoms with Gasteiger partial charge >= 0.3 is 6.18 Å². The van der Waals surface area contributed by atoms with Crippen LogP contribution in [0.4, 0.5) is 18.9 Å². The summed E-state index contributed by atoms with van der Waals surface area (Å²) in [5.74, 6) is 0.554. The summed E-state index contributed by atoms with van der Waals surface area (Å²) in [5, 5.41) is 11.0. The maximum atomic E-state index is 13.1. The molecule has 0 spiro atoms. The van der Waals surface area contributed by atoms with Crippen molar-refractivity contribution in [2.45, 2.75) is 38.3 Å². The Balaban J connectivity index is 1.67. The molecule has 10 heteroatoms. The molecule has 0 bridgehead atoms. The second kappa shape index (κ2) is 10.6. The number of amides is 1. The number of thioether (sulfide) groups is 1. The highest BCUT2D eigenvalue weighted by atomic mass is 32.2. The predicted molar refractivity (Wildman–Crippen MR) is 121 cm³/mol. The molecule has 0 aliphatic rings. The standard InChI is InChI=1S/C23H23F3N4O2S/c1-4-11-30-20(13-32-19-12-15(2)9-10-16(19)3)28-29-22(30)33-14-21(31)27-18-8-6-5-7-17(18)23(24,25)26/h4-10,12H,1,11,13-14H2,2-3H3,(H,27,31). The number of aryl methyl sites for hydroxylation is 2. The number of hydrogen-bond acceptors (Lipinski definition) is 5. The molecule has 2 aromatic carbocycles. The zero-order valence-corrected chi connectivity index (χ0v) is 19.0. The van der Waals surface area contributed by atoms with Gasteiger partial charge in [-0.2, -0.15) is 13.2 Å². The minimum Gasteiger partial charge on any atom is -0.485 e. The first-order valence-electron chi connectivity index (χ1n) is 10.0. The van der Waals surface area contributed by atoms with Crippen molar-refractivity contribution in [3.63, 3.8) is 0 Å². The van der Waals surface area contributed by atoms with Crippen LogP contribution in [0.5, 0.6) is 5.75 Å². The summed E-state index contributed by atoms with van der Waals surface area (Å²) in [4.78, 5) is 12.3. The van der Waals surface area contributed by atoms with Crippen LogP contribution in [0, 0.1) is 13.8 Å². The number of benzene rings is 2. The molecule has 0 aliphatic carbocycles. The van der Waals surface area contributed by atoms with E-state index in [4.69, 9.17) is 4.74 Å². The highest BCUT2D eigenvalue weighted by Gasteiger charge is 2.33. The lowest BCUT2D eigenvalue weighted by Crippen LogP contribution is -2.18. The molecule has 174 valence electrons. The van der Waals surface area contributed by atoms with Crippen LogP contribution in [0.1, 0.15) is 22.5 Å². The van der Waals surface area contributed by atoms with Crippen molar-refractivity contribution in [2.24, 2.45) is 0 Å². The van der Waals surface area contributed by atoms with E-state index in [2.05, 4.69) is 22.1 Å². The Labute approximate surface area is 193 Å². The molecule has 3 rings (SSSR count). The molecular weight excluding hydrogens is 453 g/mol. The van der Waals surface area contributed by atoms with Crippen LogP contribution in [0.2, 0.25) is 0 Å². The number of rotatable bonds is 9. The topological polar surface area (TPSA) is 69.0 Å².